The van der Waals surface area contributed by atoms with Gasteiger partial charge in [-0.1, -0.05) is 29.3 Å². The first kappa shape index (κ1) is 23.0. The van der Waals surface area contributed by atoms with Gasteiger partial charge in [-0.05, 0) is 43.0 Å². The minimum absolute atomic E-state index is 0.0765. The zero-order chi connectivity index (χ0) is 23.4. The standard InChI is InChI=1S/C24H21Cl2N5O2/c1-15-28-11-19(12-29-15)24(32)31-13-18(6-7-33-23-5-2-16(9-27)10-30-23)20(14-31)17-3-4-21(25)22(26)8-17/h2-5,8,10-12,18,20H,6-7,13-14H2,1H3. The van der Waals surface area contributed by atoms with Crippen molar-refractivity contribution >= 4 is 29.1 Å². The Labute approximate surface area is 202 Å². The molecule has 2 atom stereocenters. The van der Waals surface area contributed by atoms with Crippen molar-refractivity contribution in [1.29, 1.82) is 5.26 Å². The zero-order valence-corrected chi connectivity index (χ0v) is 19.4. The van der Waals surface area contributed by atoms with E-state index in [9.17, 15) is 4.79 Å². The van der Waals surface area contributed by atoms with Crippen molar-refractivity contribution in [3.05, 3.63) is 81.5 Å². The highest BCUT2D eigenvalue weighted by Gasteiger charge is 2.36. The van der Waals surface area contributed by atoms with Crippen LogP contribution in [-0.4, -0.2) is 45.5 Å². The largest absolute Gasteiger partial charge is 0.478 e. The summed E-state index contributed by atoms with van der Waals surface area (Å²) in [4.78, 5) is 27.4. The lowest BCUT2D eigenvalue weighted by Crippen LogP contribution is -2.29. The van der Waals surface area contributed by atoms with Crippen LogP contribution < -0.4 is 4.74 Å². The fourth-order valence-electron chi connectivity index (χ4n) is 3.98. The average molecular weight is 482 g/mol. The number of benzene rings is 1. The summed E-state index contributed by atoms with van der Waals surface area (Å²) in [5.74, 6) is 1.21. The molecule has 3 aromatic rings. The van der Waals surface area contributed by atoms with Crippen molar-refractivity contribution in [2.24, 2.45) is 5.92 Å². The van der Waals surface area contributed by atoms with E-state index >= 15 is 0 Å². The number of likely N-dealkylation sites (tertiary alicyclic amines) is 1. The van der Waals surface area contributed by atoms with Gasteiger partial charge in [0.1, 0.15) is 11.9 Å². The van der Waals surface area contributed by atoms with Gasteiger partial charge in [0.05, 0.1) is 27.8 Å². The van der Waals surface area contributed by atoms with Crippen molar-refractivity contribution in [3.63, 3.8) is 0 Å². The molecular formula is C24H21Cl2N5O2. The molecule has 1 aliphatic heterocycles. The molecule has 1 aliphatic rings. The van der Waals surface area contributed by atoms with E-state index < -0.39 is 0 Å². The Morgan fingerprint density at radius 2 is 1.91 bits per heavy atom. The van der Waals surface area contributed by atoms with Gasteiger partial charge in [-0.25, -0.2) is 15.0 Å². The molecule has 0 radical (unpaired) electrons. The first-order chi connectivity index (χ1) is 15.9. The third-order valence-corrected chi connectivity index (χ3v) is 6.47. The van der Waals surface area contributed by atoms with Gasteiger partial charge in [-0.2, -0.15) is 5.26 Å². The van der Waals surface area contributed by atoms with Crippen LogP contribution in [0, 0.1) is 24.2 Å². The van der Waals surface area contributed by atoms with Crippen LogP contribution in [0.4, 0.5) is 0 Å². The summed E-state index contributed by atoms with van der Waals surface area (Å²) in [7, 11) is 0. The van der Waals surface area contributed by atoms with Gasteiger partial charge in [0.15, 0.2) is 0 Å². The fraction of sp³-hybridized carbons (Fsp3) is 0.292. The Balaban J connectivity index is 1.49. The van der Waals surface area contributed by atoms with E-state index in [1.807, 2.05) is 23.1 Å². The SMILES string of the molecule is Cc1ncc(C(=O)N2CC(CCOc3ccc(C#N)cn3)C(c3ccc(Cl)c(Cl)c3)C2)cn1. The number of pyridine rings is 1. The molecule has 1 amide bonds. The van der Waals surface area contributed by atoms with Gasteiger partial charge >= 0.3 is 0 Å². The van der Waals surface area contributed by atoms with Crippen LogP contribution in [0.5, 0.6) is 5.88 Å². The molecule has 2 aromatic heterocycles. The number of nitriles is 1. The van der Waals surface area contributed by atoms with Crippen LogP contribution >= 0.6 is 23.2 Å². The molecule has 4 rings (SSSR count). The summed E-state index contributed by atoms with van der Waals surface area (Å²) in [5, 5.41) is 9.88. The van der Waals surface area contributed by atoms with E-state index in [0.717, 1.165) is 5.56 Å². The number of aryl methyl sites for hydroxylation is 1. The molecule has 0 aliphatic carbocycles. The van der Waals surface area contributed by atoms with E-state index in [1.54, 1.807) is 37.5 Å². The van der Waals surface area contributed by atoms with E-state index in [-0.39, 0.29) is 17.7 Å². The lowest BCUT2D eigenvalue weighted by molar-refractivity contribution is 0.0783. The molecule has 1 aromatic carbocycles. The minimum Gasteiger partial charge on any atom is -0.478 e. The number of halogens is 2. The first-order valence-corrected chi connectivity index (χ1v) is 11.2. The Morgan fingerprint density at radius 1 is 1.12 bits per heavy atom. The van der Waals surface area contributed by atoms with Gasteiger partial charge in [-0.15, -0.1) is 0 Å². The number of amides is 1. The number of aromatic nitrogens is 3. The summed E-state index contributed by atoms with van der Waals surface area (Å²) in [5.41, 5.74) is 1.97. The first-order valence-electron chi connectivity index (χ1n) is 10.5. The molecule has 168 valence electrons. The van der Waals surface area contributed by atoms with E-state index in [1.165, 1.54) is 6.20 Å². The topological polar surface area (TPSA) is 92.0 Å². The molecule has 2 unspecified atom stereocenters. The number of hydrogen-bond acceptors (Lipinski definition) is 6. The smallest absolute Gasteiger partial charge is 0.257 e. The van der Waals surface area contributed by atoms with E-state index in [4.69, 9.17) is 33.2 Å². The molecular weight excluding hydrogens is 461 g/mol. The van der Waals surface area contributed by atoms with Crippen LogP contribution in [0.1, 0.15) is 39.6 Å². The Kier molecular flexibility index (Phi) is 7.07. The highest BCUT2D eigenvalue weighted by molar-refractivity contribution is 6.42. The number of carbonyl (C=O) groups is 1. The molecule has 0 saturated carbocycles. The Bertz CT molecular complexity index is 1180. The molecule has 1 saturated heterocycles. The highest BCUT2D eigenvalue weighted by Crippen LogP contribution is 2.37. The molecule has 1 fully saturated rings. The Hall–Kier alpha value is -3.21. The monoisotopic (exact) mass is 481 g/mol. The summed E-state index contributed by atoms with van der Waals surface area (Å²) in [6.45, 7) is 3.33. The van der Waals surface area contributed by atoms with Crippen LogP contribution in [0.3, 0.4) is 0 Å². The van der Waals surface area contributed by atoms with Crippen molar-refractivity contribution in [2.45, 2.75) is 19.3 Å². The number of nitrogens with zero attached hydrogens (tertiary/aromatic N) is 5. The second-order valence-corrected chi connectivity index (χ2v) is 8.72. The fourth-order valence-corrected chi connectivity index (χ4v) is 4.29. The number of carbonyl (C=O) groups excluding carboxylic acids is 1. The van der Waals surface area contributed by atoms with Gasteiger partial charge < -0.3 is 9.64 Å². The van der Waals surface area contributed by atoms with Gasteiger partial charge in [0.2, 0.25) is 5.88 Å². The summed E-state index contributed by atoms with van der Waals surface area (Å²) < 4.78 is 5.80. The van der Waals surface area contributed by atoms with Crippen LogP contribution in [0.15, 0.2) is 48.9 Å². The number of rotatable bonds is 6. The van der Waals surface area contributed by atoms with Gasteiger partial charge in [-0.3, -0.25) is 4.79 Å². The lowest BCUT2D eigenvalue weighted by atomic mass is 9.87. The average Bonchev–Trinajstić information content (AvgIpc) is 3.25. The Morgan fingerprint density at radius 3 is 2.58 bits per heavy atom. The maximum Gasteiger partial charge on any atom is 0.257 e. The molecule has 0 bridgehead atoms. The molecule has 0 N–H and O–H groups in total. The predicted molar refractivity (Wildman–Crippen MR) is 124 cm³/mol. The maximum absolute atomic E-state index is 13.1. The van der Waals surface area contributed by atoms with E-state index in [0.29, 0.717) is 59.0 Å². The van der Waals surface area contributed by atoms with Crippen molar-refractivity contribution in [1.82, 2.24) is 19.9 Å². The molecule has 33 heavy (non-hydrogen) atoms. The molecule has 0 spiro atoms. The van der Waals surface area contributed by atoms with E-state index in [2.05, 4.69) is 15.0 Å². The lowest BCUT2D eigenvalue weighted by Gasteiger charge is -2.19. The summed E-state index contributed by atoms with van der Waals surface area (Å²) in [6, 6.07) is 11.0. The normalized spacial score (nSPS) is 17.6. The molecule has 3 heterocycles. The van der Waals surface area contributed by atoms with Crippen LogP contribution in [-0.2, 0) is 0 Å². The highest BCUT2D eigenvalue weighted by atomic mass is 35.5. The minimum atomic E-state index is -0.0998. The predicted octanol–water partition coefficient (Wildman–Crippen LogP) is 4.68. The number of ether oxygens (including phenoxy) is 1. The summed E-state index contributed by atoms with van der Waals surface area (Å²) in [6.07, 6.45) is 5.31. The second-order valence-electron chi connectivity index (χ2n) is 7.90. The van der Waals surface area contributed by atoms with Gasteiger partial charge in [0, 0.05) is 43.7 Å². The summed E-state index contributed by atoms with van der Waals surface area (Å²) >= 11 is 12.4. The molecule has 9 heteroatoms. The maximum atomic E-state index is 13.1. The number of hydrogen-bond donors (Lipinski definition) is 0. The third kappa shape index (κ3) is 5.41. The van der Waals surface area contributed by atoms with Crippen LogP contribution in [0.2, 0.25) is 10.0 Å². The molecule has 7 nitrogen and oxygen atoms in total. The van der Waals surface area contributed by atoms with Crippen LogP contribution in [0.25, 0.3) is 0 Å². The van der Waals surface area contributed by atoms with Crippen molar-refractivity contribution in [2.75, 3.05) is 19.7 Å². The quantitative estimate of drug-likeness (QED) is 0.507. The van der Waals surface area contributed by atoms with Gasteiger partial charge in [0.25, 0.3) is 5.91 Å². The zero-order valence-electron chi connectivity index (χ0n) is 17.9. The third-order valence-electron chi connectivity index (χ3n) is 5.73. The van der Waals surface area contributed by atoms with Crippen molar-refractivity contribution < 1.29 is 9.53 Å². The second kappa shape index (κ2) is 10.2. The van der Waals surface area contributed by atoms with Crippen molar-refractivity contribution in [3.8, 4) is 11.9 Å².